The molecule has 13 heteroatoms. The Morgan fingerprint density at radius 1 is 1.24 bits per heavy atom. The molecule has 3 heterocycles. The Labute approximate surface area is 221 Å². The number of ether oxygens (including phenoxy) is 1. The van der Waals surface area contributed by atoms with Gasteiger partial charge in [-0.05, 0) is 44.4 Å². The van der Waals surface area contributed by atoms with Gasteiger partial charge in [-0.2, -0.15) is 13.2 Å². The Balaban J connectivity index is 0.000000479. The van der Waals surface area contributed by atoms with Gasteiger partial charge < -0.3 is 15.6 Å². The molecule has 1 aromatic carbocycles. The SMILES string of the molecule is C[C@H]1C[C@@H](N2C(=O)C[C@@](C)(c3cccc(-c4cccnc4Cl)c3Cl)N=C2N)CCO1.O=C(O)C(F)(F)F. The molecule has 1 saturated heterocycles. The summed E-state index contributed by atoms with van der Waals surface area (Å²) >= 11 is 13.1. The first-order valence-electron chi connectivity index (χ1n) is 11.2. The fourth-order valence-electron chi connectivity index (χ4n) is 4.35. The van der Waals surface area contributed by atoms with Crippen molar-refractivity contribution in [2.24, 2.45) is 10.7 Å². The summed E-state index contributed by atoms with van der Waals surface area (Å²) in [4.78, 5) is 32.6. The number of nitrogens with zero attached hydrogens (tertiary/aromatic N) is 3. The first kappa shape index (κ1) is 28.7. The van der Waals surface area contributed by atoms with Crippen molar-refractivity contribution in [3.05, 3.63) is 52.3 Å². The number of halogens is 5. The predicted octanol–water partition coefficient (Wildman–Crippen LogP) is 5.02. The molecule has 0 saturated carbocycles. The molecule has 1 fully saturated rings. The quantitative estimate of drug-likeness (QED) is 0.509. The third-order valence-corrected chi connectivity index (χ3v) is 6.77. The van der Waals surface area contributed by atoms with Gasteiger partial charge in [-0.25, -0.2) is 14.8 Å². The van der Waals surface area contributed by atoms with Crippen LogP contribution in [0, 0.1) is 0 Å². The zero-order valence-corrected chi connectivity index (χ0v) is 21.4. The zero-order valence-electron chi connectivity index (χ0n) is 19.9. The number of aliphatic imine (C=N–C) groups is 1. The number of carbonyl (C=O) groups excluding carboxylic acids is 1. The van der Waals surface area contributed by atoms with E-state index in [1.54, 1.807) is 17.2 Å². The molecule has 0 spiro atoms. The minimum atomic E-state index is -5.08. The van der Waals surface area contributed by atoms with Gasteiger partial charge in [-0.1, -0.05) is 41.4 Å². The number of alkyl halides is 3. The molecule has 1 amide bonds. The minimum absolute atomic E-state index is 0.00514. The van der Waals surface area contributed by atoms with Crippen molar-refractivity contribution in [3.63, 3.8) is 0 Å². The van der Waals surface area contributed by atoms with E-state index in [-0.39, 0.29) is 30.4 Å². The number of pyridine rings is 1. The number of rotatable bonds is 3. The molecule has 37 heavy (non-hydrogen) atoms. The van der Waals surface area contributed by atoms with E-state index in [0.29, 0.717) is 16.8 Å². The fraction of sp³-hybridized carbons (Fsp3) is 0.417. The summed E-state index contributed by atoms with van der Waals surface area (Å²) in [5.41, 5.74) is 7.67. The number of benzene rings is 1. The average molecular weight is 561 g/mol. The highest BCUT2D eigenvalue weighted by Crippen LogP contribution is 2.43. The molecule has 2 aromatic rings. The number of guanidine groups is 1. The number of aliphatic carboxylic acids is 1. The monoisotopic (exact) mass is 560 g/mol. The molecular formula is C24H25Cl2F3N4O4. The van der Waals surface area contributed by atoms with Crippen LogP contribution in [-0.2, 0) is 19.9 Å². The summed E-state index contributed by atoms with van der Waals surface area (Å²) in [6, 6.07) is 9.32. The first-order chi connectivity index (χ1) is 17.2. The Hall–Kier alpha value is -2.89. The van der Waals surface area contributed by atoms with Crippen LogP contribution in [0.5, 0.6) is 0 Å². The first-order valence-corrected chi connectivity index (χ1v) is 12.0. The Morgan fingerprint density at radius 3 is 2.46 bits per heavy atom. The van der Waals surface area contributed by atoms with Crippen LogP contribution in [-0.4, -0.2) is 57.8 Å². The van der Waals surface area contributed by atoms with Gasteiger partial charge in [-0.15, -0.1) is 0 Å². The fourth-order valence-corrected chi connectivity index (χ4v) is 5.00. The smallest absolute Gasteiger partial charge is 0.475 e. The lowest BCUT2D eigenvalue weighted by atomic mass is 9.85. The van der Waals surface area contributed by atoms with Crippen LogP contribution in [0.2, 0.25) is 10.2 Å². The maximum Gasteiger partial charge on any atom is 0.490 e. The lowest BCUT2D eigenvalue weighted by Gasteiger charge is -2.41. The molecule has 3 N–H and O–H groups in total. The molecule has 0 radical (unpaired) electrons. The van der Waals surface area contributed by atoms with E-state index in [4.69, 9.17) is 48.6 Å². The highest BCUT2D eigenvalue weighted by atomic mass is 35.5. The number of carbonyl (C=O) groups is 2. The molecule has 2 aliphatic heterocycles. The molecule has 2 aliphatic rings. The third kappa shape index (κ3) is 6.52. The number of hydrogen-bond acceptors (Lipinski definition) is 6. The van der Waals surface area contributed by atoms with E-state index >= 15 is 0 Å². The van der Waals surface area contributed by atoms with Crippen molar-refractivity contribution in [1.29, 1.82) is 0 Å². The lowest BCUT2D eigenvalue weighted by Crippen LogP contribution is -2.56. The van der Waals surface area contributed by atoms with Crippen molar-refractivity contribution in [3.8, 4) is 11.1 Å². The molecule has 8 nitrogen and oxygen atoms in total. The summed E-state index contributed by atoms with van der Waals surface area (Å²) in [6.45, 7) is 4.50. The van der Waals surface area contributed by atoms with Crippen LogP contribution in [0.3, 0.4) is 0 Å². The van der Waals surface area contributed by atoms with E-state index in [1.807, 2.05) is 38.1 Å². The standard InChI is InChI=1S/C22H24Cl2N4O2.C2HF3O2/c1-13-11-14(8-10-30-13)28-18(29)12-22(2,27-21(28)25)17-7-3-5-15(19(17)23)16-6-4-9-26-20(16)24;3-2(4,5)1(6)7/h3-7,9,13-14H,8,10-12H2,1-2H3,(H2,25,27);(H,6,7)/t13-,14-,22-;/m0./s1. The van der Waals surface area contributed by atoms with Gasteiger partial charge in [0.1, 0.15) is 5.15 Å². The van der Waals surface area contributed by atoms with Crippen molar-refractivity contribution >= 4 is 41.0 Å². The van der Waals surface area contributed by atoms with Crippen LogP contribution in [0.4, 0.5) is 13.2 Å². The van der Waals surface area contributed by atoms with Crippen molar-refractivity contribution in [2.75, 3.05) is 6.61 Å². The van der Waals surface area contributed by atoms with Gasteiger partial charge in [0.05, 0.1) is 23.1 Å². The number of aromatic nitrogens is 1. The molecule has 0 bridgehead atoms. The molecule has 3 atom stereocenters. The van der Waals surface area contributed by atoms with Gasteiger partial charge in [0, 0.05) is 30.0 Å². The van der Waals surface area contributed by atoms with Crippen LogP contribution < -0.4 is 5.73 Å². The van der Waals surface area contributed by atoms with Crippen LogP contribution >= 0.6 is 23.2 Å². The van der Waals surface area contributed by atoms with Gasteiger partial charge >= 0.3 is 12.1 Å². The number of carboxylic acid groups (broad SMARTS) is 1. The van der Waals surface area contributed by atoms with Crippen LogP contribution in [0.15, 0.2) is 41.5 Å². The largest absolute Gasteiger partial charge is 0.490 e. The van der Waals surface area contributed by atoms with E-state index in [2.05, 4.69) is 4.98 Å². The third-order valence-electron chi connectivity index (χ3n) is 6.07. The lowest BCUT2D eigenvalue weighted by molar-refractivity contribution is -0.192. The summed E-state index contributed by atoms with van der Waals surface area (Å²) < 4.78 is 37.3. The number of amides is 1. The normalized spacial score (nSPS) is 24.1. The number of carboxylic acids is 1. The van der Waals surface area contributed by atoms with Gasteiger partial charge in [0.2, 0.25) is 5.91 Å². The maximum atomic E-state index is 13.2. The minimum Gasteiger partial charge on any atom is -0.475 e. The summed E-state index contributed by atoms with van der Waals surface area (Å²) in [6.07, 6.45) is -1.69. The van der Waals surface area contributed by atoms with Gasteiger partial charge in [0.15, 0.2) is 5.96 Å². The second-order valence-electron chi connectivity index (χ2n) is 8.86. The molecule has 200 valence electrons. The zero-order chi connectivity index (χ0) is 27.5. The van der Waals surface area contributed by atoms with Gasteiger partial charge in [-0.3, -0.25) is 9.69 Å². The molecule has 0 unspecified atom stereocenters. The van der Waals surface area contributed by atoms with Crippen LogP contribution in [0.25, 0.3) is 11.1 Å². The van der Waals surface area contributed by atoms with Crippen LogP contribution in [0.1, 0.15) is 38.7 Å². The summed E-state index contributed by atoms with van der Waals surface area (Å²) in [5.74, 6) is -2.58. The summed E-state index contributed by atoms with van der Waals surface area (Å²) in [7, 11) is 0. The molecule has 0 aliphatic carbocycles. The topological polar surface area (TPSA) is 118 Å². The number of hydrogen-bond donors (Lipinski definition) is 2. The molecule has 4 rings (SSSR count). The second kappa shape index (κ2) is 11.2. The Bertz CT molecular complexity index is 1210. The van der Waals surface area contributed by atoms with Gasteiger partial charge in [0.25, 0.3) is 0 Å². The average Bonchev–Trinajstić information content (AvgIpc) is 2.79. The predicted molar refractivity (Wildman–Crippen MR) is 132 cm³/mol. The molecular weight excluding hydrogens is 536 g/mol. The second-order valence-corrected chi connectivity index (χ2v) is 9.59. The van der Waals surface area contributed by atoms with E-state index in [0.717, 1.165) is 29.5 Å². The Kier molecular flexibility index (Phi) is 8.71. The highest BCUT2D eigenvalue weighted by molar-refractivity contribution is 6.36. The van der Waals surface area contributed by atoms with E-state index in [1.165, 1.54) is 0 Å². The van der Waals surface area contributed by atoms with Crippen molar-refractivity contribution < 1.29 is 32.6 Å². The van der Waals surface area contributed by atoms with Crippen molar-refractivity contribution in [1.82, 2.24) is 9.88 Å². The van der Waals surface area contributed by atoms with E-state index < -0.39 is 17.7 Å². The summed E-state index contributed by atoms with van der Waals surface area (Å²) in [5, 5.41) is 7.98. The van der Waals surface area contributed by atoms with Crippen molar-refractivity contribution in [2.45, 2.75) is 57.0 Å². The molecule has 1 aromatic heterocycles. The maximum absolute atomic E-state index is 13.2. The van der Waals surface area contributed by atoms with E-state index in [9.17, 15) is 18.0 Å². The highest BCUT2D eigenvalue weighted by Gasteiger charge is 2.42. The number of nitrogens with two attached hydrogens (primary N) is 1. The Morgan fingerprint density at radius 2 is 1.89 bits per heavy atom.